The first-order chi connectivity index (χ1) is 14.4. The second kappa shape index (κ2) is 8.01. The molecule has 1 aromatic heterocycles. The van der Waals surface area contributed by atoms with Gasteiger partial charge in [-0.2, -0.15) is 18.4 Å². The first-order valence-corrected chi connectivity index (χ1v) is 10.2. The molecular formula is C18H11ClF3N5O3S. The average Bonchev–Trinajstić information content (AvgIpc) is 3.08. The summed E-state index contributed by atoms with van der Waals surface area (Å²) in [4.78, 5) is 15.4. The van der Waals surface area contributed by atoms with Crippen LogP contribution in [0.1, 0.15) is 27.6 Å². The highest BCUT2D eigenvalue weighted by Crippen LogP contribution is 2.33. The summed E-state index contributed by atoms with van der Waals surface area (Å²) in [5, 5.41) is 13.0. The Balaban J connectivity index is 1.93. The highest BCUT2D eigenvalue weighted by Gasteiger charge is 2.35. The molecule has 0 aliphatic carbocycles. The van der Waals surface area contributed by atoms with Gasteiger partial charge in [-0.15, -0.1) is 5.10 Å². The second-order valence-electron chi connectivity index (χ2n) is 6.10. The van der Waals surface area contributed by atoms with Crippen molar-refractivity contribution in [1.82, 2.24) is 19.5 Å². The van der Waals surface area contributed by atoms with Crippen LogP contribution in [0.4, 0.5) is 13.2 Å². The number of alkyl halides is 3. The minimum Gasteiger partial charge on any atom is -0.264 e. The molecule has 13 heteroatoms. The third kappa shape index (κ3) is 4.52. The van der Waals surface area contributed by atoms with Crippen LogP contribution in [0.25, 0.3) is 5.69 Å². The van der Waals surface area contributed by atoms with Gasteiger partial charge < -0.3 is 0 Å². The molecule has 0 saturated heterocycles. The molecule has 0 atom stereocenters. The number of rotatable bonds is 4. The van der Waals surface area contributed by atoms with E-state index in [0.717, 1.165) is 6.07 Å². The van der Waals surface area contributed by atoms with Crippen molar-refractivity contribution in [3.05, 3.63) is 70.3 Å². The number of para-hydroxylation sites is 1. The lowest BCUT2D eigenvalue weighted by atomic mass is 10.1. The maximum absolute atomic E-state index is 13.1. The number of carbonyl (C=O) groups is 1. The molecular weight excluding hydrogens is 459 g/mol. The fourth-order valence-electron chi connectivity index (χ4n) is 2.59. The minimum absolute atomic E-state index is 0.216. The molecule has 0 radical (unpaired) electrons. The quantitative estimate of drug-likeness (QED) is 0.626. The SMILES string of the molecule is Cc1nc(C(=O)NS(=O)(=O)c2ccc(C#N)c(C(F)(F)F)c2)nn1-c1ccccc1Cl. The molecule has 1 amide bonds. The van der Waals surface area contributed by atoms with Gasteiger partial charge in [-0.1, -0.05) is 23.7 Å². The van der Waals surface area contributed by atoms with Crippen molar-refractivity contribution in [2.45, 2.75) is 18.0 Å². The number of aromatic nitrogens is 3. The van der Waals surface area contributed by atoms with E-state index < -0.39 is 44.0 Å². The summed E-state index contributed by atoms with van der Waals surface area (Å²) in [6, 6.07) is 9.60. The van der Waals surface area contributed by atoms with Crippen molar-refractivity contribution in [2.75, 3.05) is 0 Å². The van der Waals surface area contributed by atoms with E-state index in [-0.39, 0.29) is 11.9 Å². The molecule has 3 aromatic rings. The predicted octanol–water partition coefficient (Wildman–Crippen LogP) is 3.24. The zero-order chi connectivity index (χ0) is 23.0. The number of sulfonamides is 1. The van der Waals surface area contributed by atoms with E-state index in [2.05, 4.69) is 10.1 Å². The van der Waals surface area contributed by atoms with Crippen LogP contribution in [0.3, 0.4) is 0 Å². The normalized spacial score (nSPS) is 11.7. The third-order valence-electron chi connectivity index (χ3n) is 4.01. The van der Waals surface area contributed by atoms with Gasteiger partial charge in [0.15, 0.2) is 0 Å². The van der Waals surface area contributed by atoms with Gasteiger partial charge in [-0.3, -0.25) is 4.79 Å². The molecule has 0 unspecified atom stereocenters. The summed E-state index contributed by atoms with van der Waals surface area (Å²) in [5.41, 5.74) is -1.81. The van der Waals surface area contributed by atoms with Crippen molar-refractivity contribution in [1.29, 1.82) is 5.26 Å². The number of nitrogens with zero attached hydrogens (tertiary/aromatic N) is 4. The highest BCUT2D eigenvalue weighted by atomic mass is 35.5. The zero-order valence-corrected chi connectivity index (χ0v) is 17.0. The van der Waals surface area contributed by atoms with Crippen molar-refractivity contribution in [2.24, 2.45) is 0 Å². The van der Waals surface area contributed by atoms with E-state index in [1.807, 2.05) is 0 Å². The largest absolute Gasteiger partial charge is 0.417 e. The van der Waals surface area contributed by atoms with Gasteiger partial charge in [0.25, 0.3) is 10.0 Å². The Morgan fingerprint density at radius 1 is 1.23 bits per heavy atom. The van der Waals surface area contributed by atoms with Crippen LogP contribution < -0.4 is 4.72 Å². The molecule has 2 aromatic carbocycles. The van der Waals surface area contributed by atoms with E-state index in [9.17, 15) is 26.4 Å². The Hall–Kier alpha value is -3.43. The van der Waals surface area contributed by atoms with E-state index in [1.165, 1.54) is 17.7 Å². The van der Waals surface area contributed by atoms with E-state index in [4.69, 9.17) is 16.9 Å². The molecule has 8 nitrogen and oxygen atoms in total. The summed E-state index contributed by atoms with van der Waals surface area (Å²) in [6.07, 6.45) is -4.97. The smallest absolute Gasteiger partial charge is 0.264 e. The van der Waals surface area contributed by atoms with Crippen LogP contribution in [0.15, 0.2) is 47.4 Å². The lowest BCUT2D eigenvalue weighted by Crippen LogP contribution is -2.31. The molecule has 31 heavy (non-hydrogen) atoms. The van der Waals surface area contributed by atoms with E-state index >= 15 is 0 Å². The predicted molar refractivity (Wildman–Crippen MR) is 102 cm³/mol. The Morgan fingerprint density at radius 3 is 2.52 bits per heavy atom. The summed E-state index contributed by atoms with van der Waals surface area (Å²) in [5.74, 6) is -1.58. The number of amides is 1. The van der Waals surface area contributed by atoms with Gasteiger partial charge in [0, 0.05) is 0 Å². The zero-order valence-electron chi connectivity index (χ0n) is 15.5. The molecule has 1 N–H and O–H groups in total. The number of hydrogen-bond donors (Lipinski definition) is 1. The van der Waals surface area contributed by atoms with Gasteiger partial charge in [-0.05, 0) is 37.3 Å². The van der Waals surface area contributed by atoms with Crippen LogP contribution in [0.5, 0.6) is 0 Å². The van der Waals surface area contributed by atoms with Crippen LogP contribution in [-0.2, 0) is 16.2 Å². The molecule has 3 rings (SSSR count). The number of carbonyl (C=O) groups excluding carboxylic acids is 1. The van der Waals surface area contributed by atoms with Crippen molar-refractivity contribution in [3.63, 3.8) is 0 Å². The monoisotopic (exact) mass is 469 g/mol. The second-order valence-corrected chi connectivity index (χ2v) is 8.19. The van der Waals surface area contributed by atoms with Gasteiger partial charge in [0.05, 0.1) is 32.8 Å². The molecule has 0 aliphatic rings. The minimum atomic E-state index is -4.97. The fraction of sp³-hybridized carbons (Fsp3) is 0.111. The summed E-state index contributed by atoms with van der Waals surface area (Å²) in [6.45, 7) is 1.50. The third-order valence-corrected chi connectivity index (χ3v) is 5.66. The summed E-state index contributed by atoms with van der Waals surface area (Å²) >= 11 is 6.08. The van der Waals surface area contributed by atoms with Crippen molar-refractivity contribution >= 4 is 27.5 Å². The molecule has 0 saturated carbocycles. The Morgan fingerprint density at radius 2 is 1.90 bits per heavy atom. The lowest BCUT2D eigenvalue weighted by Gasteiger charge is -2.11. The number of nitriles is 1. The standard InChI is InChI=1S/C18H11ClF3N5O3S/c1-10-24-16(25-27(10)15-5-3-2-4-14(15)19)17(28)26-31(29,30)12-7-6-11(9-23)13(8-12)18(20,21)22/h2-8H,1H3,(H,26,28). The molecule has 160 valence electrons. The van der Waals surface area contributed by atoms with E-state index in [0.29, 0.717) is 16.8 Å². The first kappa shape index (κ1) is 22.3. The number of halogens is 4. The molecule has 0 fully saturated rings. The van der Waals surface area contributed by atoms with Crippen molar-refractivity contribution < 1.29 is 26.4 Å². The number of aryl methyl sites for hydroxylation is 1. The molecule has 1 heterocycles. The molecule has 0 spiro atoms. The topological polar surface area (TPSA) is 118 Å². The molecule has 0 aliphatic heterocycles. The Bertz CT molecular complexity index is 1330. The highest BCUT2D eigenvalue weighted by molar-refractivity contribution is 7.90. The molecule has 0 bridgehead atoms. The maximum Gasteiger partial charge on any atom is 0.417 e. The Kier molecular flexibility index (Phi) is 5.75. The summed E-state index contributed by atoms with van der Waals surface area (Å²) in [7, 11) is -4.72. The maximum atomic E-state index is 13.1. The Labute approximate surface area is 178 Å². The van der Waals surface area contributed by atoms with Crippen LogP contribution in [0.2, 0.25) is 5.02 Å². The van der Waals surface area contributed by atoms with Crippen LogP contribution in [0, 0.1) is 18.3 Å². The average molecular weight is 470 g/mol. The summed E-state index contributed by atoms with van der Waals surface area (Å²) < 4.78 is 67.0. The van der Waals surface area contributed by atoms with Crippen molar-refractivity contribution in [3.8, 4) is 11.8 Å². The van der Waals surface area contributed by atoms with E-state index in [1.54, 1.807) is 29.0 Å². The van der Waals surface area contributed by atoms with Gasteiger partial charge in [-0.25, -0.2) is 22.8 Å². The first-order valence-electron chi connectivity index (χ1n) is 8.31. The number of nitrogens with one attached hydrogen (secondary N) is 1. The van der Waals surface area contributed by atoms with Gasteiger partial charge >= 0.3 is 12.1 Å². The number of hydrogen-bond acceptors (Lipinski definition) is 6. The lowest BCUT2D eigenvalue weighted by molar-refractivity contribution is -0.137. The van der Waals surface area contributed by atoms with Crippen LogP contribution in [-0.4, -0.2) is 29.1 Å². The fourth-order valence-corrected chi connectivity index (χ4v) is 3.78. The van der Waals surface area contributed by atoms with Gasteiger partial charge in [0.1, 0.15) is 5.82 Å². The van der Waals surface area contributed by atoms with Crippen LogP contribution >= 0.6 is 11.6 Å². The van der Waals surface area contributed by atoms with Gasteiger partial charge in [0.2, 0.25) is 5.82 Å². The number of benzene rings is 2.